The Morgan fingerprint density at radius 3 is 1.81 bits per heavy atom. The van der Waals surface area contributed by atoms with Crippen molar-refractivity contribution in [2.75, 3.05) is 20.2 Å². The number of carbonyl (C=O) groups is 4. The molecule has 0 bridgehead atoms. The molecule has 0 spiro atoms. The average Bonchev–Trinajstić information content (AvgIpc) is 4.10. The lowest BCUT2D eigenvalue weighted by atomic mass is 9.83. The van der Waals surface area contributed by atoms with Gasteiger partial charge in [-0.3, -0.25) is 9.59 Å². The highest BCUT2D eigenvalue weighted by Crippen LogP contribution is 2.37. The van der Waals surface area contributed by atoms with E-state index in [4.69, 9.17) is 20.2 Å². The molecule has 2 aliphatic heterocycles. The van der Waals surface area contributed by atoms with Gasteiger partial charge in [0.15, 0.2) is 0 Å². The van der Waals surface area contributed by atoms with Crippen molar-refractivity contribution in [1.82, 2.24) is 35.1 Å². The highest BCUT2D eigenvalue weighted by Gasteiger charge is 2.41. The van der Waals surface area contributed by atoms with Gasteiger partial charge in [-0.25, -0.2) is 19.6 Å². The minimum Gasteiger partial charge on any atom is -0.453 e. The number of nitrogens with zero attached hydrogens (tertiary/aromatic N) is 4. The van der Waals surface area contributed by atoms with Crippen molar-refractivity contribution < 1.29 is 28.7 Å². The third kappa shape index (κ3) is 8.04. The second-order valence-corrected chi connectivity index (χ2v) is 15.3. The van der Waals surface area contributed by atoms with Crippen LogP contribution in [-0.2, 0) is 19.1 Å². The summed E-state index contributed by atoms with van der Waals surface area (Å²) in [6.45, 7) is 1.18. The van der Waals surface area contributed by atoms with Crippen LogP contribution in [0.15, 0.2) is 91.3 Å². The number of hydrogen-bond acceptors (Lipinski definition) is 8. The van der Waals surface area contributed by atoms with Crippen molar-refractivity contribution in [3.8, 4) is 33.6 Å². The first kappa shape index (κ1) is 38.4. The standard InChI is InChI=1S/C44H48N8O6/c1-57-44(56)50-33-12-6-5-11-32(33)41(53)51-23-7-13-36(51)39-46-25-34(48-39)29-19-15-27(16-20-29)28-17-21-30(22-18-28)35-26-47-40(49-35)37-14-8-24-52(37)42(54)38(58-43(45)55)31-9-3-2-4-10-31/h2-4,9-10,15-22,25-26,32-33,36-38H,5-8,11-14,23-24H2,1H3,(H2,45,55)(H,46,48)(H,47,49)(H,50,56)/t32?,33?,36?,37-,38+/m0/s1. The van der Waals surface area contributed by atoms with E-state index >= 15 is 0 Å². The molecule has 3 fully saturated rings. The first-order valence-electron chi connectivity index (χ1n) is 20.0. The summed E-state index contributed by atoms with van der Waals surface area (Å²) in [6, 6.07) is 24.7. The van der Waals surface area contributed by atoms with Gasteiger partial charge in [-0.15, -0.1) is 0 Å². The quantitative estimate of drug-likeness (QED) is 0.114. The Labute approximate surface area is 336 Å². The Morgan fingerprint density at radius 2 is 1.24 bits per heavy atom. The van der Waals surface area contributed by atoms with E-state index in [0.717, 1.165) is 90.8 Å². The van der Waals surface area contributed by atoms with E-state index < -0.39 is 18.3 Å². The molecule has 3 aromatic carbocycles. The minimum absolute atomic E-state index is 0.0725. The largest absolute Gasteiger partial charge is 0.453 e. The van der Waals surface area contributed by atoms with Crippen molar-refractivity contribution in [2.45, 2.75) is 75.6 Å². The lowest BCUT2D eigenvalue weighted by Crippen LogP contribution is -2.49. The lowest BCUT2D eigenvalue weighted by Gasteiger charge is -2.35. The van der Waals surface area contributed by atoms with Gasteiger partial charge in [-0.05, 0) is 60.8 Å². The van der Waals surface area contributed by atoms with E-state index in [-0.39, 0.29) is 35.9 Å². The summed E-state index contributed by atoms with van der Waals surface area (Å²) in [5.41, 5.74) is 11.7. The molecule has 14 nitrogen and oxygen atoms in total. The predicted octanol–water partition coefficient (Wildman–Crippen LogP) is 7.21. The van der Waals surface area contributed by atoms with Crippen LogP contribution in [0, 0.1) is 5.92 Å². The van der Waals surface area contributed by atoms with Gasteiger partial charge in [-0.1, -0.05) is 91.7 Å². The lowest BCUT2D eigenvalue weighted by molar-refractivity contribution is -0.141. The number of alkyl carbamates (subject to hydrolysis) is 1. The molecule has 1 saturated carbocycles. The number of aromatic amines is 2. The fourth-order valence-corrected chi connectivity index (χ4v) is 8.80. The van der Waals surface area contributed by atoms with Crippen molar-refractivity contribution in [3.63, 3.8) is 0 Å². The van der Waals surface area contributed by atoms with Crippen molar-refractivity contribution in [3.05, 3.63) is 108 Å². The number of H-pyrrole nitrogens is 2. The number of ether oxygens (including phenoxy) is 2. The first-order chi connectivity index (χ1) is 28.3. The first-order valence-corrected chi connectivity index (χ1v) is 20.0. The highest BCUT2D eigenvalue weighted by molar-refractivity contribution is 5.85. The van der Waals surface area contributed by atoms with Crippen LogP contribution in [-0.4, -0.2) is 80.0 Å². The maximum atomic E-state index is 13.9. The van der Waals surface area contributed by atoms with Gasteiger partial charge in [0.1, 0.15) is 11.6 Å². The molecule has 8 rings (SSSR count). The fraction of sp³-hybridized carbons (Fsp3) is 0.364. The zero-order valence-corrected chi connectivity index (χ0v) is 32.4. The minimum atomic E-state index is -1.13. The van der Waals surface area contributed by atoms with Crippen LogP contribution in [0.4, 0.5) is 9.59 Å². The van der Waals surface area contributed by atoms with Crippen LogP contribution in [0.2, 0.25) is 0 Å². The summed E-state index contributed by atoms with van der Waals surface area (Å²) in [5, 5.41) is 2.89. The van der Waals surface area contributed by atoms with Crippen LogP contribution < -0.4 is 11.1 Å². The third-order valence-electron chi connectivity index (χ3n) is 11.8. The molecule has 5 aromatic rings. The van der Waals surface area contributed by atoms with E-state index in [1.807, 2.05) is 29.3 Å². The maximum Gasteiger partial charge on any atom is 0.407 e. The monoisotopic (exact) mass is 784 g/mol. The average molecular weight is 785 g/mol. The van der Waals surface area contributed by atoms with E-state index in [9.17, 15) is 19.2 Å². The molecular weight excluding hydrogens is 737 g/mol. The van der Waals surface area contributed by atoms with E-state index in [1.54, 1.807) is 35.4 Å². The third-order valence-corrected chi connectivity index (χ3v) is 11.8. The molecule has 4 amide bonds. The number of benzene rings is 3. The smallest absolute Gasteiger partial charge is 0.407 e. The van der Waals surface area contributed by atoms with Gasteiger partial charge in [0.2, 0.25) is 12.0 Å². The molecule has 3 unspecified atom stereocenters. The summed E-state index contributed by atoms with van der Waals surface area (Å²) in [7, 11) is 1.34. The van der Waals surface area contributed by atoms with Crippen LogP contribution in [0.3, 0.4) is 0 Å². The molecule has 4 heterocycles. The predicted molar refractivity (Wildman–Crippen MR) is 216 cm³/mol. The molecule has 58 heavy (non-hydrogen) atoms. The number of imidazole rings is 2. The van der Waals surface area contributed by atoms with Crippen LogP contribution in [0.5, 0.6) is 0 Å². The number of hydrogen-bond donors (Lipinski definition) is 4. The molecule has 5 N–H and O–H groups in total. The highest BCUT2D eigenvalue weighted by atomic mass is 16.6. The summed E-state index contributed by atoms with van der Waals surface area (Å²) in [4.78, 5) is 71.3. The number of primary amides is 1. The maximum absolute atomic E-state index is 13.9. The SMILES string of the molecule is COC(=O)NC1CCCCC1C(=O)N1CCCC1c1ncc(-c2ccc(-c3ccc(-c4cnc([C@@H]5CCCN5C(=O)[C@H](OC(N)=O)c5ccccc5)[nH]4)cc3)cc2)[nH]1. The number of amides is 4. The van der Waals surface area contributed by atoms with Gasteiger partial charge in [0, 0.05) is 24.7 Å². The second-order valence-electron chi connectivity index (χ2n) is 15.3. The summed E-state index contributed by atoms with van der Waals surface area (Å²) >= 11 is 0. The van der Waals surface area contributed by atoms with E-state index in [2.05, 4.69) is 56.7 Å². The van der Waals surface area contributed by atoms with Crippen LogP contribution in [0.1, 0.15) is 86.8 Å². The van der Waals surface area contributed by atoms with Gasteiger partial charge in [0.25, 0.3) is 5.91 Å². The van der Waals surface area contributed by atoms with Crippen molar-refractivity contribution in [1.29, 1.82) is 0 Å². The second kappa shape index (κ2) is 17.0. The number of nitrogens with two attached hydrogens (primary N) is 1. The number of aromatic nitrogens is 4. The Hall–Kier alpha value is -6.44. The zero-order valence-electron chi connectivity index (χ0n) is 32.4. The molecule has 5 atom stereocenters. The normalized spacial score (nSPS) is 21.1. The van der Waals surface area contributed by atoms with Gasteiger partial charge in [0.05, 0.1) is 48.9 Å². The van der Waals surface area contributed by atoms with Crippen molar-refractivity contribution in [2.24, 2.45) is 11.7 Å². The summed E-state index contributed by atoms with van der Waals surface area (Å²) in [5.74, 6) is 0.917. The van der Waals surface area contributed by atoms with Gasteiger partial charge < -0.3 is 40.3 Å². The van der Waals surface area contributed by atoms with E-state index in [0.29, 0.717) is 24.5 Å². The molecule has 2 saturated heterocycles. The molecule has 3 aliphatic rings. The summed E-state index contributed by atoms with van der Waals surface area (Å²) in [6.07, 6.45) is 7.66. The number of methoxy groups -OCH3 is 1. The van der Waals surface area contributed by atoms with Crippen LogP contribution in [0.25, 0.3) is 33.6 Å². The molecule has 1 aliphatic carbocycles. The Bertz CT molecular complexity index is 2240. The molecule has 0 radical (unpaired) electrons. The number of carbonyl (C=O) groups excluding carboxylic acids is 4. The molecular formula is C44H48N8O6. The Morgan fingerprint density at radius 1 is 0.707 bits per heavy atom. The topological polar surface area (TPSA) is 189 Å². The molecule has 2 aromatic heterocycles. The van der Waals surface area contributed by atoms with Gasteiger partial charge >= 0.3 is 12.2 Å². The number of rotatable bonds is 10. The van der Waals surface area contributed by atoms with E-state index in [1.165, 1.54) is 7.11 Å². The zero-order chi connectivity index (χ0) is 40.2. The number of nitrogens with one attached hydrogen (secondary N) is 3. The number of likely N-dealkylation sites (tertiary alicyclic amines) is 2. The Balaban J connectivity index is 0.915. The van der Waals surface area contributed by atoms with Crippen LogP contribution >= 0.6 is 0 Å². The Kier molecular flexibility index (Phi) is 11.2. The molecule has 14 heteroatoms. The van der Waals surface area contributed by atoms with Crippen molar-refractivity contribution >= 4 is 24.0 Å². The van der Waals surface area contributed by atoms with Gasteiger partial charge in [-0.2, -0.15) is 0 Å². The summed E-state index contributed by atoms with van der Waals surface area (Å²) < 4.78 is 10.1. The fourth-order valence-electron chi connectivity index (χ4n) is 8.80. The molecule has 300 valence electrons.